The number of methoxy groups -OCH3 is 1. The zero-order valence-electron chi connectivity index (χ0n) is 18.1. The quantitative estimate of drug-likeness (QED) is 0.350. The first kappa shape index (κ1) is 21.4. The van der Waals surface area contributed by atoms with Gasteiger partial charge in [-0.2, -0.15) is 0 Å². The average Bonchev–Trinajstić information content (AvgIpc) is 3.41. The van der Waals surface area contributed by atoms with Crippen molar-refractivity contribution >= 4 is 17.4 Å². The van der Waals surface area contributed by atoms with Gasteiger partial charge in [-0.3, -0.25) is 9.59 Å². The van der Waals surface area contributed by atoms with Crippen LogP contribution < -0.4 is 4.74 Å². The molecule has 1 atom stereocenters. The summed E-state index contributed by atoms with van der Waals surface area (Å²) in [5, 5.41) is 11.1. The van der Waals surface area contributed by atoms with Gasteiger partial charge in [-0.05, 0) is 43.2 Å². The highest BCUT2D eigenvalue weighted by Crippen LogP contribution is 2.39. The molecule has 164 valence electrons. The third-order valence-electron chi connectivity index (χ3n) is 5.67. The molecular formula is C25H25N3O4. The van der Waals surface area contributed by atoms with E-state index in [1.54, 1.807) is 48.8 Å². The second-order valence-electron chi connectivity index (χ2n) is 7.79. The summed E-state index contributed by atoms with van der Waals surface area (Å²) in [4.78, 5) is 31.6. The number of aromatic nitrogens is 2. The number of ether oxygens (including phenoxy) is 1. The van der Waals surface area contributed by atoms with Gasteiger partial charge in [0.2, 0.25) is 0 Å². The van der Waals surface area contributed by atoms with Crippen LogP contribution in [0.25, 0.3) is 5.76 Å². The van der Waals surface area contributed by atoms with Crippen molar-refractivity contribution in [3.63, 3.8) is 0 Å². The molecule has 32 heavy (non-hydrogen) atoms. The lowest BCUT2D eigenvalue weighted by molar-refractivity contribution is -0.139. The summed E-state index contributed by atoms with van der Waals surface area (Å²) >= 11 is 0. The van der Waals surface area contributed by atoms with Crippen LogP contribution in [0.3, 0.4) is 0 Å². The number of aliphatic hydroxyl groups is 1. The molecule has 1 aromatic heterocycles. The lowest BCUT2D eigenvalue weighted by Gasteiger charge is -2.25. The maximum absolute atomic E-state index is 13.0. The number of likely N-dealkylation sites (tertiary alicyclic amines) is 1. The van der Waals surface area contributed by atoms with Crippen molar-refractivity contribution in [3.8, 4) is 5.75 Å². The van der Waals surface area contributed by atoms with Crippen molar-refractivity contribution in [1.82, 2.24) is 14.5 Å². The molecule has 1 aliphatic rings. The molecule has 3 aromatic rings. The number of benzene rings is 2. The van der Waals surface area contributed by atoms with Crippen LogP contribution in [0.15, 0.2) is 72.8 Å². The van der Waals surface area contributed by atoms with E-state index in [1.165, 1.54) is 0 Å². The molecule has 0 aliphatic carbocycles. The van der Waals surface area contributed by atoms with E-state index in [1.807, 2.05) is 42.0 Å². The fourth-order valence-electron chi connectivity index (χ4n) is 3.95. The van der Waals surface area contributed by atoms with Gasteiger partial charge < -0.3 is 19.3 Å². The smallest absolute Gasteiger partial charge is 0.295 e. The van der Waals surface area contributed by atoms with Crippen LogP contribution in [-0.2, 0) is 16.1 Å². The number of rotatable bonds is 7. The molecule has 1 saturated heterocycles. The Hall–Kier alpha value is -3.87. The Balaban J connectivity index is 1.71. The second-order valence-corrected chi connectivity index (χ2v) is 7.79. The van der Waals surface area contributed by atoms with Crippen molar-refractivity contribution in [1.29, 1.82) is 0 Å². The number of imidazole rings is 1. The molecule has 0 saturated carbocycles. The van der Waals surface area contributed by atoms with Crippen molar-refractivity contribution in [2.45, 2.75) is 25.9 Å². The number of carbonyl (C=O) groups excluding carboxylic acids is 2. The molecule has 4 rings (SSSR count). The molecule has 1 amide bonds. The molecular weight excluding hydrogens is 406 g/mol. The number of aliphatic hydroxyl groups excluding tert-OH is 1. The van der Waals surface area contributed by atoms with E-state index in [9.17, 15) is 14.7 Å². The minimum Gasteiger partial charge on any atom is -0.507 e. The molecule has 1 fully saturated rings. The summed E-state index contributed by atoms with van der Waals surface area (Å²) in [5.74, 6) is -0.826. The molecule has 1 aliphatic heterocycles. The van der Waals surface area contributed by atoms with Gasteiger partial charge in [0.15, 0.2) is 0 Å². The number of ketones is 1. The van der Waals surface area contributed by atoms with E-state index in [2.05, 4.69) is 4.98 Å². The second kappa shape index (κ2) is 9.09. The zero-order valence-corrected chi connectivity index (χ0v) is 18.1. The first-order chi connectivity index (χ1) is 15.5. The van der Waals surface area contributed by atoms with E-state index in [4.69, 9.17) is 4.74 Å². The first-order valence-electron chi connectivity index (χ1n) is 10.4. The number of aryl methyl sites for hydroxylation is 2. The molecule has 2 aromatic carbocycles. The van der Waals surface area contributed by atoms with Crippen LogP contribution >= 0.6 is 0 Å². The Morgan fingerprint density at radius 3 is 2.41 bits per heavy atom. The SMILES string of the molecule is COc1ccc(C(O)=C2C(=O)C(=O)N(CCCn3ccnc3)[C@@H]2c2ccc(C)cc2)cc1. The standard InChI is InChI=1S/C25H25N3O4/c1-17-4-6-18(7-5-17)22-21(23(29)19-8-10-20(32-2)11-9-19)24(30)25(31)28(22)14-3-13-27-15-12-26-16-27/h4-12,15-16,22,29H,3,13-14H2,1-2H3/t22-/m1/s1. The number of hydrogen-bond acceptors (Lipinski definition) is 5. The van der Waals surface area contributed by atoms with Crippen LogP contribution in [0.5, 0.6) is 5.75 Å². The van der Waals surface area contributed by atoms with Crippen molar-refractivity contribution < 1.29 is 19.4 Å². The molecule has 2 heterocycles. The fourth-order valence-corrected chi connectivity index (χ4v) is 3.95. The lowest BCUT2D eigenvalue weighted by Crippen LogP contribution is -2.31. The molecule has 0 bridgehead atoms. The fraction of sp³-hybridized carbons (Fsp3) is 0.240. The third-order valence-corrected chi connectivity index (χ3v) is 5.67. The molecule has 0 unspecified atom stereocenters. The van der Waals surface area contributed by atoms with E-state index in [-0.39, 0.29) is 11.3 Å². The van der Waals surface area contributed by atoms with Gasteiger partial charge in [0.25, 0.3) is 11.7 Å². The number of Topliss-reactive ketones (excluding diaryl/α,β-unsaturated/α-hetero) is 1. The monoisotopic (exact) mass is 431 g/mol. The van der Waals surface area contributed by atoms with Crippen molar-refractivity contribution in [2.24, 2.45) is 0 Å². The van der Waals surface area contributed by atoms with Gasteiger partial charge in [0, 0.05) is 31.0 Å². The van der Waals surface area contributed by atoms with E-state index >= 15 is 0 Å². The van der Waals surface area contributed by atoms with Crippen LogP contribution in [0.2, 0.25) is 0 Å². The maximum atomic E-state index is 13.0. The minimum absolute atomic E-state index is 0.103. The number of hydrogen-bond donors (Lipinski definition) is 1. The summed E-state index contributed by atoms with van der Waals surface area (Å²) in [6.45, 7) is 3.02. The van der Waals surface area contributed by atoms with Gasteiger partial charge in [-0.15, -0.1) is 0 Å². The molecule has 1 N–H and O–H groups in total. The number of amides is 1. The van der Waals surface area contributed by atoms with Crippen LogP contribution in [-0.4, -0.2) is 44.9 Å². The van der Waals surface area contributed by atoms with Crippen molar-refractivity contribution in [3.05, 3.63) is 89.5 Å². The highest BCUT2D eigenvalue weighted by molar-refractivity contribution is 6.46. The zero-order chi connectivity index (χ0) is 22.7. The molecule has 7 heteroatoms. The Bertz CT molecular complexity index is 1130. The van der Waals surface area contributed by atoms with Crippen LogP contribution in [0.1, 0.15) is 29.2 Å². The predicted molar refractivity (Wildman–Crippen MR) is 120 cm³/mol. The molecule has 0 radical (unpaired) electrons. The minimum atomic E-state index is -0.675. The molecule has 7 nitrogen and oxygen atoms in total. The Kier molecular flexibility index (Phi) is 6.07. The highest BCUT2D eigenvalue weighted by Gasteiger charge is 2.45. The average molecular weight is 431 g/mol. The first-order valence-corrected chi connectivity index (χ1v) is 10.4. The Morgan fingerprint density at radius 1 is 1.06 bits per heavy atom. The number of nitrogens with zero attached hydrogens (tertiary/aromatic N) is 3. The predicted octanol–water partition coefficient (Wildman–Crippen LogP) is 3.71. The Labute approximate surface area is 186 Å². The summed E-state index contributed by atoms with van der Waals surface area (Å²) in [6, 6.07) is 13.8. The topological polar surface area (TPSA) is 84.7 Å². The van der Waals surface area contributed by atoms with Crippen molar-refractivity contribution in [2.75, 3.05) is 13.7 Å². The van der Waals surface area contributed by atoms with Crippen LogP contribution in [0, 0.1) is 6.92 Å². The van der Waals surface area contributed by atoms with E-state index < -0.39 is 17.7 Å². The van der Waals surface area contributed by atoms with E-state index in [0.29, 0.717) is 30.8 Å². The van der Waals surface area contributed by atoms with E-state index in [0.717, 1.165) is 11.1 Å². The van der Waals surface area contributed by atoms with Crippen LogP contribution in [0.4, 0.5) is 0 Å². The summed E-state index contributed by atoms with van der Waals surface area (Å²) in [7, 11) is 1.56. The summed E-state index contributed by atoms with van der Waals surface area (Å²) in [5.41, 5.74) is 2.42. The third kappa shape index (κ3) is 4.14. The number of carbonyl (C=O) groups is 2. The Morgan fingerprint density at radius 2 is 1.78 bits per heavy atom. The van der Waals surface area contributed by atoms with Gasteiger partial charge in [-0.25, -0.2) is 4.98 Å². The van der Waals surface area contributed by atoms with Gasteiger partial charge >= 0.3 is 0 Å². The summed E-state index contributed by atoms with van der Waals surface area (Å²) < 4.78 is 7.10. The van der Waals surface area contributed by atoms with Gasteiger partial charge in [-0.1, -0.05) is 29.8 Å². The summed E-state index contributed by atoms with van der Waals surface area (Å²) in [6.07, 6.45) is 5.92. The lowest BCUT2D eigenvalue weighted by atomic mass is 9.94. The van der Waals surface area contributed by atoms with Gasteiger partial charge in [0.1, 0.15) is 11.5 Å². The molecule has 0 spiro atoms. The normalized spacial score (nSPS) is 17.7. The van der Waals surface area contributed by atoms with Gasteiger partial charge in [0.05, 0.1) is 25.1 Å². The maximum Gasteiger partial charge on any atom is 0.295 e. The highest BCUT2D eigenvalue weighted by atomic mass is 16.5. The largest absolute Gasteiger partial charge is 0.507 e.